The van der Waals surface area contributed by atoms with Crippen molar-refractivity contribution in [2.75, 3.05) is 6.54 Å². The first-order chi connectivity index (χ1) is 12.7. The summed E-state index contributed by atoms with van der Waals surface area (Å²) in [5, 5.41) is 4.97. The van der Waals surface area contributed by atoms with Crippen LogP contribution in [0.5, 0.6) is 5.75 Å². The number of fused-ring (bicyclic) bond motifs is 1. The summed E-state index contributed by atoms with van der Waals surface area (Å²) in [6, 6.07) is 22.2. The Morgan fingerprint density at radius 3 is 2.62 bits per heavy atom. The zero-order valence-electron chi connectivity index (χ0n) is 14.2. The van der Waals surface area contributed by atoms with Crippen LogP contribution in [0.2, 0.25) is 10.0 Å². The van der Waals surface area contributed by atoms with E-state index < -0.39 is 0 Å². The Bertz CT molecular complexity index is 911. The Morgan fingerprint density at radius 1 is 0.923 bits per heavy atom. The van der Waals surface area contributed by atoms with Crippen molar-refractivity contribution >= 4 is 23.2 Å². The van der Waals surface area contributed by atoms with Crippen molar-refractivity contribution in [1.29, 1.82) is 0 Å². The van der Waals surface area contributed by atoms with Crippen LogP contribution >= 0.6 is 23.2 Å². The minimum absolute atomic E-state index is 0.0492. The quantitative estimate of drug-likeness (QED) is 0.613. The summed E-state index contributed by atoms with van der Waals surface area (Å²) in [5.41, 5.74) is 4.69. The van der Waals surface area contributed by atoms with Gasteiger partial charge in [-0.3, -0.25) is 0 Å². The van der Waals surface area contributed by atoms with Crippen LogP contribution in [0.15, 0.2) is 66.7 Å². The molecule has 1 N–H and O–H groups in total. The lowest BCUT2D eigenvalue weighted by molar-refractivity contribution is 0.305. The average Bonchev–Trinajstić information content (AvgIpc) is 2.68. The highest BCUT2D eigenvalue weighted by Crippen LogP contribution is 2.35. The molecule has 3 aromatic carbocycles. The number of rotatable bonds is 4. The van der Waals surface area contributed by atoms with Crippen LogP contribution in [-0.2, 0) is 13.0 Å². The summed E-state index contributed by atoms with van der Waals surface area (Å²) in [4.78, 5) is 0. The van der Waals surface area contributed by atoms with Crippen molar-refractivity contribution in [1.82, 2.24) is 5.32 Å². The van der Waals surface area contributed by atoms with Crippen molar-refractivity contribution in [3.8, 4) is 5.75 Å². The van der Waals surface area contributed by atoms with Crippen molar-refractivity contribution < 1.29 is 4.74 Å². The molecular formula is C22H19Cl2NO. The van der Waals surface area contributed by atoms with Crippen LogP contribution in [-0.4, -0.2) is 6.54 Å². The van der Waals surface area contributed by atoms with Crippen molar-refractivity contribution in [3.63, 3.8) is 0 Å². The van der Waals surface area contributed by atoms with E-state index in [-0.39, 0.29) is 6.04 Å². The van der Waals surface area contributed by atoms with Crippen molar-refractivity contribution in [2.24, 2.45) is 0 Å². The Balaban J connectivity index is 1.58. The first kappa shape index (κ1) is 17.4. The van der Waals surface area contributed by atoms with Gasteiger partial charge in [-0.15, -0.1) is 0 Å². The fourth-order valence-corrected chi connectivity index (χ4v) is 3.79. The molecule has 0 spiro atoms. The maximum atomic E-state index is 6.42. The summed E-state index contributed by atoms with van der Waals surface area (Å²) in [6.45, 7) is 1.46. The molecular weight excluding hydrogens is 365 g/mol. The molecule has 26 heavy (non-hydrogen) atoms. The highest BCUT2D eigenvalue weighted by molar-refractivity contribution is 6.33. The Kier molecular flexibility index (Phi) is 5.16. The second kappa shape index (κ2) is 7.71. The van der Waals surface area contributed by atoms with Gasteiger partial charge in [0.25, 0.3) is 0 Å². The van der Waals surface area contributed by atoms with E-state index in [2.05, 4.69) is 29.6 Å². The number of ether oxygens (including phenoxy) is 1. The van der Waals surface area contributed by atoms with Crippen molar-refractivity contribution in [2.45, 2.75) is 19.1 Å². The lowest BCUT2D eigenvalue weighted by Gasteiger charge is -2.28. The molecule has 0 fully saturated rings. The zero-order chi connectivity index (χ0) is 17.9. The molecule has 1 atom stereocenters. The molecule has 1 unspecified atom stereocenters. The minimum atomic E-state index is 0.0492. The summed E-state index contributed by atoms with van der Waals surface area (Å²) < 4.78 is 5.97. The van der Waals surface area contributed by atoms with Gasteiger partial charge in [0.1, 0.15) is 12.4 Å². The topological polar surface area (TPSA) is 21.3 Å². The van der Waals surface area contributed by atoms with Crippen LogP contribution in [0.4, 0.5) is 0 Å². The van der Waals surface area contributed by atoms with E-state index >= 15 is 0 Å². The van der Waals surface area contributed by atoms with Crippen LogP contribution in [0.25, 0.3) is 0 Å². The minimum Gasteiger partial charge on any atom is -0.489 e. The zero-order valence-corrected chi connectivity index (χ0v) is 15.7. The normalized spacial score (nSPS) is 16.2. The molecule has 0 aromatic heterocycles. The number of benzene rings is 3. The Labute approximate surface area is 163 Å². The monoisotopic (exact) mass is 383 g/mol. The lowest BCUT2D eigenvalue weighted by Crippen LogP contribution is -2.30. The maximum absolute atomic E-state index is 6.42. The van der Waals surface area contributed by atoms with Gasteiger partial charge in [0.2, 0.25) is 0 Å². The molecule has 1 aliphatic rings. The van der Waals surface area contributed by atoms with Crippen LogP contribution in [0.1, 0.15) is 28.3 Å². The van der Waals surface area contributed by atoms with E-state index in [0.717, 1.165) is 34.9 Å². The van der Waals surface area contributed by atoms with Crippen LogP contribution in [0.3, 0.4) is 0 Å². The Hall–Kier alpha value is -2.00. The average molecular weight is 384 g/mol. The SMILES string of the molecule is Clc1ccc(Cl)c(C2NCCc3cc(OCc4ccccc4)ccc32)c1. The van der Waals surface area contributed by atoms with E-state index in [0.29, 0.717) is 11.6 Å². The van der Waals surface area contributed by atoms with Gasteiger partial charge < -0.3 is 10.1 Å². The molecule has 1 aliphatic heterocycles. The number of nitrogens with one attached hydrogen (secondary N) is 1. The fourth-order valence-electron chi connectivity index (χ4n) is 3.39. The van der Waals surface area contributed by atoms with E-state index in [1.807, 2.05) is 42.5 Å². The summed E-state index contributed by atoms with van der Waals surface area (Å²) >= 11 is 12.6. The van der Waals surface area contributed by atoms with Gasteiger partial charge in [-0.25, -0.2) is 0 Å². The first-order valence-corrected chi connectivity index (χ1v) is 9.44. The number of hydrogen-bond acceptors (Lipinski definition) is 2. The standard InChI is InChI=1S/C22H19Cl2NO/c23-17-6-9-21(24)20(13-17)22-19-8-7-18(12-16(19)10-11-25-22)26-14-15-4-2-1-3-5-15/h1-9,12-13,22,25H,10-11,14H2. The van der Waals surface area contributed by atoms with E-state index in [1.165, 1.54) is 11.1 Å². The molecule has 0 radical (unpaired) electrons. The predicted octanol–water partition coefficient (Wildman–Crippen LogP) is 5.81. The van der Waals surface area contributed by atoms with Gasteiger partial charge in [0, 0.05) is 16.6 Å². The highest BCUT2D eigenvalue weighted by atomic mass is 35.5. The fraction of sp³-hybridized carbons (Fsp3) is 0.182. The molecule has 0 saturated heterocycles. The van der Waals surface area contributed by atoms with E-state index in [1.54, 1.807) is 0 Å². The van der Waals surface area contributed by atoms with Gasteiger partial charge in [-0.05, 0) is 59.0 Å². The first-order valence-electron chi connectivity index (χ1n) is 8.68. The van der Waals surface area contributed by atoms with Crippen molar-refractivity contribution in [3.05, 3.63) is 99.0 Å². The lowest BCUT2D eigenvalue weighted by atomic mass is 9.89. The van der Waals surface area contributed by atoms with E-state index in [9.17, 15) is 0 Å². The summed E-state index contributed by atoms with van der Waals surface area (Å²) in [5.74, 6) is 0.894. The summed E-state index contributed by atoms with van der Waals surface area (Å²) in [7, 11) is 0. The number of halogens is 2. The largest absolute Gasteiger partial charge is 0.489 e. The predicted molar refractivity (Wildman–Crippen MR) is 107 cm³/mol. The molecule has 0 amide bonds. The smallest absolute Gasteiger partial charge is 0.120 e. The van der Waals surface area contributed by atoms with Gasteiger partial charge in [0.15, 0.2) is 0 Å². The second-order valence-electron chi connectivity index (χ2n) is 6.44. The molecule has 0 aliphatic carbocycles. The third-order valence-electron chi connectivity index (χ3n) is 4.69. The molecule has 0 saturated carbocycles. The third-order valence-corrected chi connectivity index (χ3v) is 5.26. The second-order valence-corrected chi connectivity index (χ2v) is 7.28. The summed E-state index contributed by atoms with van der Waals surface area (Å²) in [6.07, 6.45) is 0.965. The Morgan fingerprint density at radius 2 is 1.77 bits per heavy atom. The van der Waals surface area contributed by atoms with E-state index in [4.69, 9.17) is 27.9 Å². The maximum Gasteiger partial charge on any atom is 0.120 e. The van der Waals surface area contributed by atoms with Crippen LogP contribution < -0.4 is 10.1 Å². The van der Waals surface area contributed by atoms with Gasteiger partial charge in [-0.1, -0.05) is 59.6 Å². The van der Waals surface area contributed by atoms with Gasteiger partial charge in [0.05, 0.1) is 6.04 Å². The number of hydrogen-bond donors (Lipinski definition) is 1. The molecule has 132 valence electrons. The molecule has 4 rings (SSSR count). The van der Waals surface area contributed by atoms with Gasteiger partial charge >= 0.3 is 0 Å². The van der Waals surface area contributed by atoms with Gasteiger partial charge in [-0.2, -0.15) is 0 Å². The molecule has 1 heterocycles. The molecule has 3 aromatic rings. The molecule has 0 bridgehead atoms. The molecule has 2 nitrogen and oxygen atoms in total. The third kappa shape index (κ3) is 3.73. The van der Waals surface area contributed by atoms with Crippen LogP contribution in [0, 0.1) is 0 Å². The molecule has 4 heteroatoms. The highest BCUT2D eigenvalue weighted by Gasteiger charge is 2.23.